The molecule has 0 fully saturated rings. The number of hydrogen-bond donors (Lipinski definition) is 1. The van der Waals surface area contributed by atoms with E-state index in [1.807, 2.05) is 26.8 Å². The van der Waals surface area contributed by atoms with Gasteiger partial charge in [-0.1, -0.05) is 31.9 Å². The van der Waals surface area contributed by atoms with Crippen LogP contribution in [0.4, 0.5) is 0 Å². The molecule has 1 N–H and O–H groups in total. The Morgan fingerprint density at radius 2 is 2.05 bits per heavy atom. The van der Waals surface area contributed by atoms with Crippen molar-refractivity contribution < 1.29 is 8.42 Å². The van der Waals surface area contributed by atoms with E-state index in [9.17, 15) is 8.42 Å². The first-order chi connectivity index (χ1) is 8.81. The molecule has 0 aliphatic heterocycles. The van der Waals surface area contributed by atoms with Gasteiger partial charge < -0.3 is 0 Å². The molecule has 1 aromatic rings. The fraction of sp³-hybridized carbons (Fsp3) is 0.462. The Kier molecular flexibility index (Phi) is 5.36. The maximum atomic E-state index is 12.2. The molecule has 1 rings (SSSR count). The molecular formula is C13H17ClN2O2S. The summed E-state index contributed by atoms with van der Waals surface area (Å²) >= 11 is 5.91. The number of halogens is 1. The van der Waals surface area contributed by atoms with E-state index in [0.717, 1.165) is 6.42 Å². The van der Waals surface area contributed by atoms with Crippen molar-refractivity contribution in [3.8, 4) is 6.07 Å². The van der Waals surface area contributed by atoms with Gasteiger partial charge in [0.15, 0.2) is 0 Å². The van der Waals surface area contributed by atoms with E-state index in [1.165, 1.54) is 18.2 Å². The SMILES string of the molecule is CCC(C)C(C)NS(=O)(=O)c1cc(C#N)ccc1Cl. The zero-order chi connectivity index (χ0) is 14.6. The quantitative estimate of drug-likeness (QED) is 0.909. The third kappa shape index (κ3) is 3.93. The van der Waals surface area contributed by atoms with E-state index in [-0.39, 0.29) is 27.4 Å². The Labute approximate surface area is 119 Å². The van der Waals surface area contributed by atoms with Crippen LogP contribution in [0.15, 0.2) is 23.1 Å². The zero-order valence-corrected chi connectivity index (χ0v) is 12.7. The topological polar surface area (TPSA) is 70.0 Å². The standard InChI is InChI=1S/C13H17ClN2O2S/c1-4-9(2)10(3)16-19(17,18)13-7-11(8-15)5-6-12(13)14/h5-7,9-10,16H,4H2,1-3H3. The van der Waals surface area contributed by atoms with Crippen molar-refractivity contribution in [2.45, 2.75) is 38.1 Å². The molecule has 4 nitrogen and oxygen atoms in total. The number of nitrogens with zero attached hydrogens (tertiary/aromatic N) is 1. The molecule has 0 amide bonds. The van der Waals surface area contributed by atoms with Crippen LogP contribution in [-0.2, 0) is 10.0 Å². The van der Waals surface area contributed by atoms with Gasteiger partial charge in [-0.25, -0.2) is 13.1 Å². The van der Waals surface area contributed by atoms with Gasteiger partial charge in [-0.05, 0) is 31.0 Å². The second-order valence-electron chi connectivity index (χ2n) is 4.55. The van der Waals surface area contributed by atoms with Crippen molar-refractivity contribution in [1.29, 1.82) is 5.26 Å². The monoisotopic (exact) mass is 300 g/mol. The fourth-order valence-corrected chi connectivity index (χ4v) is 3.43. The van der Waals surface area contributed by atoms with Crippen LogP contribution in [0.5, 0.6) is 0 Å². The second-order valence-corrected chi connectivity index (χ2v) is 6.64. The lowest BCUT2D eigenvalue weighted by molar-refractivity contribution is 0.434. The second kappa shape index (κ2) is 6.38. The van der Waals surface area contributed by atoms with Gasteiger partial charge >= 0.3 is 0 Å². The van der Waals surface area contributed by atoms with Crippen molar-refractivity contribution in [2.24, 2.45) is 5.92 Å². The van der Waals surface area contributed by atoms with Crippen molar-refractivity contribution in [3.63, 3.8) is 0 Å². The number of nitrogens with one attached hydrogen (secondary N) is 1. The molecule has 0 aliphatic rings. The van der Waals surface area contributed by atoms with Gasteiger partial charge in [0.25, 0.3) is 0 Å². The summed E-state index contributed by atoms with van der Waals surface area (Å²) in [6.07, 6.45) is 0.871. The first-order valence-corrected chi connectivity index (χ1v) is 7.90. The molecule has 104 valence electrons. The van der Waals surface area contributed by atoms with Crippen LogP contribution in [0.25, 0.3) is 0 Å². The molecule has 0 saturated heterocycles. The Morgan fingerprint density at radius 3 is 2.58 bits per heavy atom. The minimum atomic E-state index is -3.71. The minimum Gasteiger partial charge on any atom is -0.208 e. The van der Waals surface area contributed by atoms with E-state index in [4.69, 9.17) is 16.9 Å². The lowest BCUT2D eigenvalue weighted by Gasteiger charge is -2.20. The predicted molar refractivity (Wildman–Crippen MR) is 75.4 cm³/mol. The summed E-state index contributed by atoms with van der Waals surface area (Å²) in [5.41, 5.74) is 0.265. The average molecular weight is 301 g/mol. The number of benzene rings is 1. The molecule has 0 radical (unpaired) electrons. The highest BCUT2D eigenvalue weighted by molar-refractivity contribution is 7.89. The highest BCUT2D eigenvalue weighted by Gasteiger charge is 2.23. The summed E-state index contributed by atoms with van der Waals surface area (Å²) < 4.78 is 27.1. The summed E-state index contributed by atoms with van der Waals surface area (Å²) in [5.74, 6) is 0.215. The first kappa shape index (κ1) is 16.0. The molecule has 2 atom stereocenters. The van der Waals surface area contributed by atoms with Gasteiger partial charge in [-0.15, -0.1) is 0 Å². The summed E-state index contributed by atoms with van der Waals surface area (Å²) in [4.78, 5) is -0.0524. The summed E-state index contributed by atoms with van der Waals surface area (Å²) in [7, 11) is -3.71. The summed E-state index contributed by atoms with van der Waals surface area (Å²) in [6.45, 7) is 5.78. The van der Waals surface area contributed by atoms with Crippen molar-refractivity contribution in [2.75, 3.05) is 0 Å². The Morgan fingerprint density at radius 1 is 1.42 bits per heavy atom. The largest absolute Gasteiger partial charge is 0.242 e. The molecular weight excluding hydrogens is 284 g/mol. The maximum Gasteiger partial charge on any atom is 0.242 e. The normalized spacial score (nSPS) is 14.7. The summed E-state index contributed by atoms with van der Waals surface area (Å²) in [6, 6.07) is 5.90. The van der Waals surface area contributed by atoms with Gasteiger partial charge in [-0.2, -0.15) is 5.26 Å². The van der Waals surface area contributed by atoms with Gasteiger partial charge in [0.05, 0.1) is 16.7 Å². The molecule has 0 bridgehead atoms. The summed E-state index contributed by atoms with van der Waals surface area (Å²) in [5, 5.41) is 8.93. The van der Waals surface area contributed by atoms with Crippen LogP contribution in [-0.4, -0.2) is 14.5 Å². The van der Waals surface area contributed by atoms with E-state index < -0.39 is 10.0 Å². The van der Waals surface area contributed by atoms with Gasteiger partial charge in [-0.3, -0.25) is 0 Å². The molecule has 0 spiro atoms. The number of sulfonamides is 1. The number of rotatable bonds is 5. The minimum absolute atomic E-state index is 0.0524. The van der Waals surface area contributed by atoms with Crippen LogP contribution in [0.2, 0.25) is 5.02 Å². The van der Waals surface area contributed by atoms with E-state index in [2.05, 4.69) is 4.72 Å². The Balaban J connectivity index is 3.11. The van der Waals surface area contributed by atoms with Crippen LogP contribution < -0.4 is 4.72 Å². The average Bonchev–Trinajstić information content (AvgIpc) is 2.37. The molecule has 0 aliphatic carbocycles. The predicted octanol–water partition coefficient (Wildman–Crippen LogP) is 2.92. The molecule has 2 unspecified atom stereocenters. The van der Waals surface area contributed by atoms with E-state index >= 15 is 0 Å². The van der Waals surface area contributed by atoms with Crippen molar-refractivity contribution in [3.05, 3.63) is 28.8 Å². The third-order valence-electron chi connectivity index (χ3n) is 3.19. The van der Waals surface area contributed by atoms with E-state index in [0.29, 0.717) is 0 Å². The van der Waals surface area contributed by atoms with Crippen LogP contribution in [0, 0.1) is 17.2 Å². The van der Waals surface area contributed by atoms with Crippen LogP contribution >= 0.6 is 11.6 Å². The van der Waals surface area contributed by atoms with Crippen molar-refractivity contribution >= 4 is 21.6 Å². The van der Waals surface area contributed by atoms with E-state index in [1.54, 1.807) is 0 Å². The Bertz CT molecular complexity index is 593. The smallest absolute Gasteiger partial charge is 0.208 e. The molecule has 0 saturated carbocycles. The molecule has 0 aromatic heterocycles. The van der Waals surface area contributed by atoms with Gasteiger partial charge in [0, 0.05) is 6.04 Å². The first-order valence-electron chi connectivity index (χ1n) is 6.03. The molecule has 19 heavy (non-hydrogen) atoms. The molecule has 1 aromatic carbocycles. The third-order valence-corrected chi connectivity index (χ3v) is 5.23. The lowest BCUT2D eigenvalue weighted by atomic mass is 10.0. The van der Waals surface area contributed by atoms with Gasteiger partial charge in [0.2, 0.25) is 10.0 Å². The van der Waals surface area contributed by atoms with Crippen molar-refractivity contribution in [1.82, 2.24) is 4.72 Å². The maximum absolute atomic E-state index is 12.2. The fourth-order valence-electron chi connectivity index (χ4n) is 1.56. The Hall–Kier alpha value is -1.09. The van der Waals surface area contributed by atoms with Gasteiger partial charge in [0.1, 0.15) is 4.90 Å². The zero-order valence-electron chi connectivity index (χ0n) is 11.1. The van der Waals surface area contributed by atoms with Crippen LogP contribution in [0.1, 0.15) is 32.8 Å². The highest BCUT2D eigenvalue weighted by atomic mass is 35.5. The van der Waals surface area contributed by atoms with Crippen LogP contribution in [0.3, 0.4) is 0 Å². The lowest BCUT2D eigenvalue weighted by Crippen LogP contribution is -2.37. The number of nitriles is 1. The molecule has 0 heterocycles. The molecule has 6 heteroatoms. The number of hydrogen-bond acceptors (Lipinski definition) is 3. The highest BCUT2D eigenvalue weighted by Crippen LogP contribution is 2.23.